The molecule has 0 bridgehead atoms. The van der Waals surface area contributed by atoms with Crippen LogP contribution in [0, 0.1) is 19.8 Å². The van der Waals surface area contributed by atoms with Gasteiger partial charge >= 0.3 is 0 Å². The van der Waals surface area contributed by atoms with Crippen molar-refractivity contribution in [2.24, 2.45) is 5.92 Å². The SMILES string of the molecule is CCCCCCOc1ccc(NC(=O)C2CCCN(CC(=O)Nc3nc(C)c(C)s3)C2)cc1. The summed E-state index contributed by atoms with van der Waals surface area (Å²) in [5.74, 6) is 0.602. The third-order valence-corrected chi connectivity index (χ3v) is 6.90. The molecule has 1 unspecified atom stereocenters. The van der Waals surface area contributed by atoms with E-state index in [0.717, 1.165) is 54.4 Å². The van der Waals surface area contributed by atoms with Gasteiger partial charge in [0.15, 0.2) is 5.13 Å². The molecule has 180 valence electrons. The summed E-state index contributed by atoms with van der Waals surface area (Å²) in [6.45, 7) is 8.51. The maximum atomic E-state index is 12.8. The van der Waals surface area contributed by atoms with Gasteiger partial charge in [-0.2, -0.15) is 0 Å². The summed E-state index contributed by atoms with van der Waals surface area (Å²) in [5.41, 5.74) is 1.71. The van der Waals surface area contributed by atoms with Crippen LogP contribution in [0.25, 0.3) is 0 Å². The number of nitrogens with one attached hydrogen (secondary N) is 2. The van der Waals surface area contributed by atoms with Crippen molar-refractivity contribution in [3.05, 3.63) is 34.8 Å². The molecule has 1 fully saturated rings. The molecule has 2 N–H and O–H groups in total. The lowest BCUT2D eigenvalue weighted by atomic mass is 9.97. The smallest absolute Gasteiger partial charge is 0.240 e. The van der Waals surface area contributed by atoms with Gasteiger partial charge in [-0.3, -0.25) is 14.5 Å². The summed E-state index contributed by atoms with van der Waals surface area (Å²) in [7, 11) is 0. The molecule has 0 radical (unpaired) electrons. The second-order valence-corrected chi connectivity index (χ2v) is 9.91. The number of rotatable bonds is 11. The molecule has 7 nitrogen and oxygen atoms in total. The zero-order chi connectivity index (χ0) is 23.6. The minimum Gasteiger partial charge on any atom is -0.494 e. The molecule has 33 heavy (non-hydrogen) atoms. The van der Waals surface area contributed by atoms with Crippen molar-refractivity contribution in [2.75, 3.05) is 36.9 Å². The van der Waals surface area contributed by atoms with Crippen molar-refractivity contribution in [1.29, 1.82) is 0 Å². The zero-order valence-corrected chi connectivity index (χ0v) is 20.8. The monoisotopic (exact) mass is 472 g/mol. The van der Waals surface area contributed by atoms with E-state index in [1.165, 1.54) is 30.6 Å². The molecule has 0 aliphatic carbocycles. The summed E-state index contributed by atoms with van der Waals surface area (Å²) >= 11 is 1.48. The second-order valence-electron chi connectivity index (χ2n) is 8.71. The number of nitrogens with zero attached hydrogens (tertiary/aromatic N) is 2. The number of likely N-dealkylation sites (tertiary alicyclic amines) is 1. The van der Waals surface area contributed by atoms with Crippen LogP contribution in [0.4, 0.5) is 10.8 Å². The van der Waals surface area contributed by atoms with Crippen LogP contribution in [0.15, 0.2) is 24.3 Å². The predicted molar refractivity (Wildman–Crippen MR) is 134 cm³/mol. The van der Waals surface area contributed by atoms with E-state index in [1.54, 1.807) is 0 Å². The number of aromatic nitrogens is 1. The minimum absolute atomic E-state index is 0.000449. The molecule has 1 aliphatic heterocycles. The Morgan fingerprint density at radius 1 is 1.15 bits per heavy atom. The van der Waals surface area contributed by atoms with Crippen molar-refractivity contribution in [3.8, 4) is 5.75 Å². The first-order valence-corrected chi connectivity index (χ1v) is 12.8. The number of anilines is 2. The lowest BCUT2D eigenvalue weighted by Gasteiger charge is -2.31. The number of hydrogen-bond acceptors (Lipinski definition) is 6. The summed E-state index contributed by atoms with van der Waals surface area (Å²) in [6.07, 6.45) is 6.43. The zero-order valence-electron chi connectivity index (χ0n) is 20.0. The summed E-state index contributed by atoms with van der Waals surface area (Å²) < 4.78 is 5.77. The maximum Gasteiger partial charge on any atom is 0.240 e. The molecule has 1 aliphatic rings. The number of carbonyl (C=O) groups excluding carboxylic acids is 2. The van der Waals surface area contributed by atoms with Crippen molar-refractivity contribution in [2.45, 2.75) is 59.3 Å². The molecule has 0 saturated carbocycles. The first kappa shape index (κ1) is 25.2. The summed E-state index contributed by atoms with van der Waals surface area (Å²) in [4.78, 5) is 32.8. The summed E-state index contributed by atoms with van der Waals surface area (Å²) in [6, 6.07) is 7.56. The van der Waals surface area contributed by atoms with Gasteiger partial charge in [0.1, 0.15) is 5.75 Å². The Morgan fingerprint density at radius 2 is 1.94 bits per heavy atom. The molecule has 2 heterocycles. The Hall–Kier alpha value is -2.45. The molecule has 1 atom stereocenters. The van der Waals surface area contributed by atoms with Crippen LogP contribution in [0.1, 0.15) is 56.0 Å². The molecular formula is C25H36N4O3S. The van der Waals surface area contributed by atoms with Gasteiger partial charge in [0.05, 0.1) is 24.8 Å². The standard InChI is InChI=1S/C25H36N4O3S/c1-4-5-6-7-15-32-22-12-10-21(11-13-22)27-24(31)20-9-8-14-29(16-20)17-23(30)28-25-26-18(2)19(3)33-25/h10-13,20H,4-9,14-17H2,1-3H3,(H,27,31)(H,26,28,30). The van der Waals surface area contributed by atoms with E-state index in [2.05, 4.69) is 22.5 Å². The normalized spacial score (nSPS) is 16.4. The van der Waals surface area contributed by atoms with Gasteiger partial charge in [-0.15, -0.1) is 11.3 Å². The van der Waals surface area contributed by atoms with Crippen LogP contribution in [0.2, 0.25) is 0 Å². The number of piperidine rings is 1. The van der Waals surface area contributed by atoms with Crippen LogP contribution < -0.4 is 15.4 Å². The highest BCUT2D eigenvalue weighted by atomic mass is 32.1. The first-order chi connectivity index (χ1) is 15.9. The minimum atomic E-state index is -0.134. The maximum absolute atomic E-state index is 12.8. The van der Waals surface area contributed by atoms with E-state index < -0.39 is 0 Å². The van der Waals surface area contributed by atoms with E-state index >= 15 is 0 Å². The molecule has 8 heteroatoms. The molecular weight excluding hydrogens is 436 g/mol. The van der Waals surface area contributed by atoms with Crippen LogP contribution >= 0.6 is 11.3 Å². The number of amides is 2. The highest BCUT2D eigenvalue weighted by Gasteiger charge is 2.27. The third kappa shape index (κ3) is 8.12. The van der Waals surface area contributed by atoms with E-state index in [1.807, 2.05) is 43.0 Å². The van der Waals surface area contributed by atoms with Gasteiger partial charge in [0.25, 0.3) is 0 Å². The van der Waals surface area contributed by atoms with E-state index in [4.69, 9.17) is 4.74 Å². The Balaban J connectivity index is 1.42. The van der Waals surface area contributed by atoms with E-state index in [0.29, 0.717) is 11.7 Å². The fourth-order valence-electron chi connectivity index (χ4n) is 3.90. The number of thiazole rings is 1. The molecule has 1 aromatic carbocycles. The number of ether oxygens (including phenoxy) is 1. The van der Waals surface area contributed by atoms with Gasteiger partial charge in [-0.25, -0.2) is 4.98 Å². The highest BCUT2D eigenvalue weighted by molar-refractivity contribution is 7.15. The second kappa shape index (κ2) is 12.7. The highest BCUT2D eigenvalue weighted by Crippen LogP contribution is 2.23. The Morgan fingerprint density at radius 3 is 2.64 bits per heavy atom. The Bertz CT molecular complexity index is 893. The molecule has 1 aromatic heterocycles. The van der Waals surface area contributed by atoms with Crippen LogP contribution in [-0.2, 0) is 9.59 Å². The molecule has 3 rings (SSSR count). The fraction of sp³-hybridized carbons (Fsp3) is 0.560. The van der Waals surface area contributed by atoms with Gasteiger partial charge < -0.3 is 15.4 Å². The lowest BCUT2D eigenvalue weighted by Crippen LogP contribution is -2.43. The Labute approximate surface area is 200 Å². The van der Waals surface area contributed by atoms with Crippen molar-refractivity contribution >= 4 is 34.0 Å². The fourth-order valence-corrected chi connectivity index (χ4v) is 4.73. The summed E-state index contributed by atoms with van der Waals surface area (Å²) in [5, 5.41) is 6.53. The van der Waals surface area contributed by atoms with Crippen LogP contribution in [0.5, 0.6) is 5.75 Å². The van der Waals surface area contributed by atoms with Crippen LogP contribution in [-0.4, -0.2) is 47.9 Å². The number of unbranched alkanes of at least 4 members (excludes halogenated alkanes) is 3. The molecule has 2 aromatic rings. The average Bonchev–Trinajstić information content (AvgIpc) is 3.11. The van der Waals surface area contributed by atoms with Crippen molar-refractivity contribution in [1.82, 2.24) is 9.88 Å². The third-order valence-electron chi connectivity index (χ3n) is 5.91. The molecule has 0 spiro atoms. The van der Waals surface area contributed by atoms with Gasteiger partial charge in [-0.05, 0) is 63.9 Å². The predicted octanol–water partition coefficient (Wildman–Crippen LogP) is 5.01. The molecule has 1 saturated heterocycles. The van der Waals surface area contributed by atoms with Crippen molar-refractivity contribution in [3.63, 3.8) is 0 Å². The average molecular weight is 473 g/mol. The topological polar surface area (TPSA) is 83.6 Å². The quantitative estimate of drug-likeness (QED) is 0.449. The van der Waals surface area contributed by atoms with Crippen LogP contribution in [0.3, 0.4) is 0 Å². The molecule has 2 amide bonds. The number of benzene rings is 1. The van der Waals surface area contributed by atoms with Crippen molar-refractivity contribution < 1.29 is 14.3 Å². The van der Waals surface area contributed by atoms with Gasteiger partial charge in [-0.1, -0.05) is 26.2 Å². The van der Waals surface area contributed by atoms with E-state index in [9.17, 15) is 9.59 Å². The lowest BCUT2D eigenvalue weighted by molar-refractivity contribution is -0.123. The number of hydrogen-bond donors (Lipinski definition) is 2. The van der Waals surface area contributed by atoms with Gasteiger partial charge in [0.2, 0.25) is 11.8 Å². The largest absolute Gasteiger partial charge is 0.494 e. The number of aryl methyl sites for hydroxylation is 2. The first-order valence-electron chi connectivity index (χ1n) is 11.9. The van der Waals surface area contributed by atoms with E-state index in [-0.39, 0.29) is 24.3 Å². The van der Waals surface area contributed by atoms with Gasteiger partial charge in [0, 0.05) is 17.1 Å². The Kier molecular flexibility index (Phi) is 9.69. The number of carbonyl (C=O) groups is 2.